The van der Waals surface area contributed by atoms with Crippen LogP contribution in [-0.2, 0) is 4.79 Å². The first-order valence-electron chi connectivity index (χ1n) is 5.38. The Bertz CT molecular complexity index is 410. The topological polar surface area (TPSA) is 50.7 Å². The molecule has 1 aliphatic rings. The van der Waals surface area contributed by atoms with Crippen molar-refractivity contribution in [1.29, 1.82) is 0 Å². The van der Waals surface area contributed by atoms with E-state index in [0.29, 0.717) is 6.42 Å². The minimum absolute atomic E-state index is 0.0543. The fourth-order valence-electron chi connectivity index (χ4n) is 1.49. The molecule has 84 valence electrons. The summed E-state index contributed by atoms with van der Waals surface area (Å²) in [5.41, 5.74) is 4.18. The quantitative estimate of drug-likeness (QED) is 0.836. The van der Waals surface area contributed by atoms with Crippen molar-refractivity contribution in [1.82, 2.24) is 5.43 Å². The van der Waals surface area contributed by atoms with E-state index in [-0.39, 0.29) is 5.91 Å². The molecule has 4 heteroatoms. The number of carbonyl (C=O) groups excluding carboxylic acids is 1. The molecule has 0 atom stereocenters. The number of benzene rings is 1. The standard InChI is InChI=1S/C12H14N2O2/c1-2-7-16-10-5-3-9(4-6-10)11-8-12(15)14-13-11/h3-6H,2,7-8H2,1H3,(H,14,15). The SMILES string of the molecule is CCCOc1ccc(C2=NNC(=O)C2)cc1. The number of carbonyl (C=O) groups is 1. The lowest BCUT2D eigenvalue weighted by atomic mass is 10.1. The van der Waals surface area contributed by atoms with Gasteiger partial charge in [0.2, 0.25) is 5.91 Å². The van der Waals surface area contributed by atoms with Gasteiger partial charge in [0, 0.05) is 0 Å². The highest BCUT2D eigenvalue weighted by Gasteiger charge is 2.15. The molecule has 2 rings (SSSR count). The van der Waals surface area contributed by atoms with Crippen LogP contribution in [0.4, 0.5) is 0 Å². The van der Waals surface area contributed by atoms with Crippen LogP contribution in [0.3, 0.4) is 0 Å². The molecule has 16 heavy (non-hydrogen) atoms. The van der Waals surface area contributed by atoms with Crippen molar-refractivity contribution in [2.75, 3.05) is 6.61 Å². The number of rotatable bonds is 4. The van der Waals surface area contributed by atoms with Crippen molar-refractivity contribution in [3.63, 3.8) is 0 Å². The number of hydrogen-bond donors (Lipinski definition) is 1. The fourth-order valence-corrected chi connectivity index (χ4v) is 1.49. The molecular formula is C12H14N2O2. The molecule has 1 heterocycles. The van der Waals surface area contributed by atoms with Gasteiger partial charge in [0.05, 0.1) is 18.7 Å². The second-order valence-corrected chi connectivity index (χ2v) is 3.64. The van der Waals surface area contributed by atoms with E-state index in [1.807, 2.05) is 24.3 Å². The Balaban J connectivity index is 2.05. The van der Waals surface area contributed by atoms with Crippen LogP contribution < -0.4 is 10.2 Å². The van der Waals surface area contributed by atoms with E-state index in [4.69, 9.17) is 4.74 Å². The molecule has 1 N–H and O–H groups in total. The van der Waals surface area contributed by atoms with Gasteiger partial charge in [-0.15, -0.1) is 0 Å². The number of nitrogens with one attached hydrogen (secondary N) is 1. The molecule has 0 unspecified atom stereocenters. The van der Waals surface area contributed by atoms with Gasteiger partial charge in [-0.1, -0.05) is 6.92 Å². The van der Waals surface area contributed by atoms with Gasteiger partial charge in [0.1, 0.15) is 5.75 Å². The predicted octanol–water partition coefficient (Wildman–Crippen LogP) is 1.70. The van der Waals surface area contributed by atoms with Gasteiger partial charge in [0.25, 0.3) is 0 Å². The van der Waals surface area contributed by atoms with Crippen molar-refractivity contribution >= 4 is 11.6 Å². The third-order valence-electron chi connectivity index (χ3n) is 2.30. The summed E-state index contributed by atoms with van der Waals surface area (Å²) in [4.78, 5) is 11.0. The van der Waals surface area contributed by atoms with Crippen LogP contribution in [0.1, 0.15) is 25.3 Å². The van der Waals surface area contributed by atoms with E-state index in [1.54, 1.807) is 0 Å². The molecule has 1 aromatic carbocycles. The van der Waals surface area contributed by atoms with Gasteiger partial charge >= 0.3 is 0 Å². The lowest BCUT2D eigenvalue weighted by Gasteiger charge is -2.05. The molecule has 4 nitrogen and oxygen atoms in total. The second kappa shape index (κ2) is 4.79. The van der Waals surface area contributed by atoms with E-state index in [1.165, 1.54) is 0 Å². The Morgan fingerprint density at radius 1 is 1.38 bits per heavy atom. The summed E-state index contributed by atoms with van der Waals surface area (Å²) in [6.07, 6.45) is 1.35. The zero-order valence-corrected chi connectivity index (χ0v) is 9.19. The summed E-state index contributed by atoms with van der Waals surface area (Å²) >= 11 is 0. The van der Waals surface area contributed by atoms with Gasteiger partial charge in [-0.05, 0) is 36.2 Å². The van der Waals surface area contributed by atoms with Crippen molar-refractivity contribution in [2.45, 2.75) is 19.8 Å². The number of hydrazone groups is 1. The Morgan fingerprint density at radius 2 is 2.12 bits per heavy atom. The first-order chi connectivity index (χ1) is 7.79. The maximum absolute atomic E-state index is 11.0. The van der Waals surface area contributed by atoms with Gasteiger partial charge in [-0.3, -0.25) is 4.79 Å². The largest absolute Gasteiger partial charge is 0.494 e. The molecule has 0 bridgehead atoms. The van der Waals surface area contributed by atoms with Gasteiger partial charge in [-0.2, -0.15) is 5.10 Å². The maximum Gasteiger partial charge on any atom is 0.246 e. The monoisotopic (exact) mass is 218 g/mol. The third kappa shape index (κ3) is 2.39. The average molecular weight is 218 g/mol. The van der Waals surface area contributed by atoms with Crippen LogP contribution in [0.5, 0.6) is 5.75 Å². The molecule has 0 fully saturated rings. The lowest BCUT2D eigenvalue weighted by Crippen LogP contribution is -2.09. The van der Waals surface area contributed by atoms with Crippen molar-refractivity contribution in [3.05, 3.63) is 29.8 Å². The molecule has 0 aromatic heterocycles. The molecule has 0 radical (unpaired) electrons. The Kier molecular flexibility index (Phi) is 3.19. The molecule has 0 saturated heterocycles. The zero-order valence-electron chi connectivity index (χ0n) is 9.19. The van der Waals surface area contributed by atoms with E-state index >= 15 is 0 Å². The first kappa shape index (κ1) is 10.7. The van der Waals surface area contributed by atoms with Crippen molar-refractivity contribution in [2.24, 2.45) is 5.10 Å². The van der Waals surface area contributed by atoms with E-state index < -0.39 is 0 Å². The molecule has 0 saturated carbocycles. The molecule has 0 aliphatic carbocycles. The Labute approximate surface area is 94.3 Å². The Morgan fingerprint density at radius 3 is 2.69 bits per heavy atom. The van der Waals surface area contributed by atoms with Crippen LogP contribution in [-0.4, -0.2) is 18.2 Å². The summed E-state index contributed by atoms with van der Waals surface area (Å²) in [5, 5.41) is 3.96. The summed E-state index contributed by atoms with van der Waals surface area (Å²) < 4.78 is 5.47. The van der Waals surface area contributed by atoms with Gasteiger partial charge in [0.15, 0.2) is 0 Å². The molecule has 1 amide bonds. The maximum atomic E-state index is 11.0. The fraction of sp³-hybridized carbons (Fsp3) is 0.333. The minimum atomic E-state index is -0.0543. The number of amides is 1. The first-order valence-corrected chi connectivity index (χ1v) is 5.38. The number of ether oxygens (including phenoxy) is 1. The smallest absolute Gasteiger partial charge is 0.246 e. The van der Waals surface area contributed by atoms with Crippen LogP contribution in [0, 0.1) is 0 Å². The minimum Gasteiger partial charge on any atom is -0.494 e. The van der Waals surface area contributed by atoms with E-state index in [9.17, 15) is 4.79 Å². The van der Waals surface area contributed by atoms with Crippen LogP contribution in [0.25, 0.3) is 0 Å². The van der Waals surface area contributed by atoms with Crippen molar-refractivity contribution in [3.8, 4) is 5.75 Å². The Hall–Kier alpha value is -1.84. The highest BCUT2D eigenvalue weighted by atomic mass is 16.5. The molecule has 1 aromatic rings. The normalized spacial score (nSPS) is 14.6. The predicted molar refractivity (Wildman–Crippen MR) is 61.5 cm³/mol. The summed E-state index contributed by atoms with van der Waals surface area (Å²) in [6.45, 7) is 2.79. The van der Waals surface area contributed by atoms with Crippen LogP contribution in [0.15, 0.2) is 29.4 Å². The summed E-state index contributed by atoms with van der Waals surface area (Å²) in [5.74, 6) is 0.796. The summed E-state index contributed by atoms with van der Waals surface area (Å²) in [6, 6.07) is 7.64. The summed E-state index contributed by atoms with van der Waals surface area (Å²) in [7, 11) is 0. The highest BCUT2D eigenvalue weighted by Crippen LogP contribution is 2.15. The van der Waals surface area contributed by atoms with E-state index in [2.05, 4.69) is 17.5 Å². The van der Waals surface area contributed by atoms with Crippen molar-refractivity contribution < 1.29 is 9.53 Å². The molecule has 0 spiro atoms. The van der Waals surface area contributed by atoms with Gasteiger partial charge in [-0.25, -0.2) is 5.43 Å². The number of hydrogen-bond acceptors (Lipinski definition) is 3. The second-order valence-electron chi connectivity index (χ2n) is 3.64. The molecular weight excluding hydrogens is 204 g/mol. The lowest BCUT2D eigenvalue weighted by molar-refractivity contribution is -0.119. The highest BCUT2D eigenvalue weighted by molar-refractivity contribution is 6.13. The third-order valence-corrected chi connectivity index (χ3v) is 2.30. The van der Waals surface area contributed by atoms with E-state index in [0.717, 1.165) is 30.1 Å². The zero-order chi connectivity index (χ0) is 11.4. The van der Waals surface area contributed by atoms with Crippen LogP contribution in [0.2, 0.25) is 0 Å². The van der Waals surface area contributed by atoms with Gasteiger partial charge < -0.3 is 4.74 Å². The average Bonchev–Trinajstić information content (AvgIpc) is 2.74. The number of nitrogens with zero attached hydrogens (tertiary/aromatic N) is 1. The molecule has 1 aliphatic heterocycles. The van der Waals surface area contributed by atoms with Crippen LogP contribution >= 0.6 is 0 Å².